The normalized spacial score (nSPS) is 11.8. The van der Waals surface area contributed by atoms with Gasteiger partial charge in [-0.1, -0.05) is 34.8 Å². The van der Waals surface area contributed by atoms with Gasteiger partial charge in [0.1, 0.15) is 5.58 Å². The molecule has 0 aliphatic carbocycles. The maximum absolute atomic E-state index is 12.7. The van der Waals surface area contributed by atoms with Crippen LogP contribution in [0.4, 0.5) is 0 Å². The summed E-state index contributed by atoms with van der Waals surface area (Å²) in [4.78, 5) is 11.4. The van der Waals surface area contributed by atoms with Crippen LogP contribution in [0.5, 0.6) is 0 Å². The molecule has 2 aromatic carbocycles. The summed E-state index contributed by atoms with van der Waals surface area (Å²) in [6.07, 6.45) is 0. The number of rotatable bonds is 2. The zero-order valence-corrected chi connectivity index (χ0v) is 14.3. The van der Waals surface area contributed by atoms with E-state index in [-0.39, 0.29) is 20.5 Å². The predicted molar refractivity (Wildman–Crippen MR) is 89.4 cm³/mol. The lowest BCUT2D eigenvalue weighted by Gasteiger charge is -2.06. The summed E-state index contributed by atoms with van der Waals surface area (Å²) >= 11 is 17.5. The monoisotopic (exact) mass is 388 g/mol. The molecular formula is C15H7Cl3O4S. The molecule has 8 heteroatoms. The van der Waals surface area contributed by atoms with Gasteiger partial charge in [0, 0.05) is 10.4 Å². The zero-order valence-electron chi connectivity index (χ0n) is 11.2. The highest BCUT2D eigenvalue weighted by Gasteiger charge is 2.24. The molecule has 0 saturated carbocycles. The topological polar surface area (TPSA) is 64.3 Å². The van der Waals surface area contributed by atoms with E-state index in [0.29, 0.717) is 10.4 Å². The van der Waals surface area contributed by atoms with Crippen LogP contribution in [0, 0.1) is 0 Å². The molecule has 0 fully saturated rings. The van der Waals surface area contributed by atoms with Crippen molar-refractivity contribution in [2.45, 2.75) is 9.79 Å². The molecule has 0 atom stereocenters. The lowest BCUT2D eigenvalue weighted by atomic mass is 10.2. The van der Waals surface area contributed by atoms with Crippen molar-refractivity contribution in [2.75, 3.05) is 0 Å². The molecule has 23 heavy (non-hydrogen) atoms. The summed E-state index contributed by atoms with van der Waals surface area (Å²) in [5.41, 5.74) is -0.724. The number of hydrogen-bond donors (Lipinski definition) is 0. The Bertz CT molecular complexity index is 1090. The third-order valence-electron chi connectivity index (χ3n) is 3.15. The highest BCUT2D eigenvalue weighted by molar-refractivity contribution is 7.91. The SMILES string of the molecule is O=c1oc2ccc(Cl)cc2cc1S(=O)(=O)c1ccc(Cl)c(Cl)c1. The molecule has 0 radical (unpaired) electrons. The second-order valence-electron chi connectivity index (χ2n) is 4.66. The van der Waals surface area contributed by atoms with Crippen molar-refractivity contribution in [1.29, 1.82) is 0 Å². The summed E-state index contributed by atoms with van der Waals surface area (Å²) in [6, 6.07) is 9.56. The van der Waals surface area contributed by atoms with Crippen molar-refractivity contribution in [3.63, 3.8) is 0 Å². The largest absolute Gasteiger partial charge is 0.422 e. The van der Waals surface area contributed by atoms with E-state index in [1.807, 2.05) is 0 Å². The molecule has 0 bridgehead atoms. The molecule has 4 nitrogen and oxygen atoms in total. The van der Waals surface area contributed by atoms with Gasteiger partial charge in [-0.05, 0) is 42.5 Å². The van der Waals surface area contributed by atoms with Gasteiger partial charge in [0.05, 0.1) is 14.9 Å². The Balaban J connectivity index is 2.27. The summed E-state index contributed by atoms with van der Waals surface area (Å²) in [7, 11) is -4.11. The molecule has 0 amide bonds. The van der Waals surface area contributed by atoms with Crippen molar-refractivity contribution in [3.8, 4) is 0 Å². The summed E-state index contributed by atoms with van der Waals surface area (Å²) in [5, 5.41) is 1.07. The van der Waals surface area contributed by atoms with Crippen LogP contribution in [0.3, 0.4) is 0 Å². The van der Waals surface area contributed by atoms with Crippen molar-refractivity contribution < 1.29 is 12.8 Å². The maximum Gasteiger partial charge on any atom is 0.355 e. The van der Waals surface area contributed by atoms with Gasteiger partial charge < -0.3 is 4.42 Å². The molecule has 0 saturated heterocycles. The minimum atomic E-state index is -4.11. The Morgan fingerprint density at radius 2 is 1.61 bits per heavy atom. The fraction of sp³-hybridized carbons (Fsp3) is 0. The standard InChI is InChI=1S/C15H7Cl3O4S/c16-9-1-4-13-8(5-9)6-14(15(19)22-13)23(20,21)10-2-3-11(17)12(18)7-10/h1-7H. The van der Waals surface area contributed by atoms with Crippen molar-refractivity contribution in [2.24, 2.45) is 0 Å². The smallest absolute Gasteiger partial charge is 0.355 e. The van der Waals surface area contributed by atoms with Crippen LogP contribution >= 0.6 is 34.8 Å². The van der Waals surface area contributed by atoms with Crippen LogP contribution in [0.25, 0.3) is 11.0 Å². The average Bonchev–Trinajstić information content (AvgIpc) is 2.49. The van der Waals surface area contributed by atoms with Crippen LogP contribution in [-0.2, 0) is 9.84 Å². The molecule has 3 aromatic rings. The first kappa shape index (κ1) is 16.3. The van der Waals surface area contributed by atoms with E-state index < -0.39 is 20.4 Å². The highest BCUT2D eigenvalue weighted by Crippen LogP contribution is 2.28. The lowest BCUT2D eigenvalue weighted by Crippen LogP contribution is -2.14. The van der Waals surface area contributed by atoms with Gasteiger partial charge in [0.25, 0.3) is 0 Å². The first-order valence-electron chi connectivity index (χ1n) is 6.22. The van der Waals surface area contributed by atoms with Gasteiger partial charge in [-0.15, -0.1) is 0 Å². The fourth-order valence-corrected chi connectivity index (χ4v) is 3.89. The van der Waals surface area contributed by atoms with E-state index >= 15 is 0 Å². The van der Waals surface area contributed by atoms with Gasteiger partial charge in [-0.25, -0.2) is 13.2 Å². The third kappa shape index (κ3) is 2.97. The van der Waals surface area contributed by atoms with E-state index in [1.54, 1.807) is 6.07 Å². The molecule has 1 heterocycles. The highest BCUT2D eigenvalue weighted by atomic mass is 35.5. The summed E-state index contributed by atoms with van der Waals surface area (Å²) in [6.45, 7) is 0. The Labute approximate surface area is 146 Å². The van der Waals surface area contributed by atoms with Gasteiger partial charge in [-0.2, -0.15) is 0 Å². The van der Waals surface area contributed by atoms with E-state index in [2.05, 4.69) is 0 Å². The Morgan fingerprint density at radius 1 is 0.870 bits per heavy atom. The molecule has 118 valence electrons. The van der Waals surface area contributed by atoms with E-state index in [9.17, 15) is 13.2 Å². The van der Waals surface area contributed by atoms with Crippen LogP contribution in [0.2, 0.25) is 15.1 Å². The van der Waals surface area contributed by atoms with Gasteiger partial charge in [-0.3, -0.25) is 0 Å². The van der Waals surface area contributed by atoms with Gasteiger partial charge in [0.15, 0.2) is 4.90 Å². The van der Waals surface area contributed by atoms with E-state index in [1.165, 1.54) is 36.4 Å². The third-order valence-corrected chi connectivity index (χ3v) is 5.87. The average molecular weight is 390 g/mol. The molecule has 0 unspecified atom stereocenters. The minimum Gasteiger partial charge on any atom is -0.422 e. The first-order valence-corrected chi connectivity index (χ1v) is 8.84. The number of halogens is 3. The number of benzene rings is 2. The zero-order chi connectivity index (χ0) is 16.8. The Hall–Kier alpha value is -1.53. The first-order chi connectivity index (χ1) is 10.8. The lowest BCUT2D eigenvalue weighted by molar-refractivity contribution is 0.532. The van der Waals surface area contributed by atoms with E-state index in [4.69, 9.17) is 39.2 Å². The molecule has 3 rings (SSSR count). The van der Waals surface area contributed by atoms with Crippen molar-refractivity contribution in [3.05, 3.63) is 68.0 Å². The second-order valence-corrected chi connectivity index (χ2v) is 7.83. The Morgan fingerprint density at radius 3 is 2.30 bits per heavy atom. The number of sulfone groups is 1. The Kier molecular flexibility index (Phi) is 4.14. The van der Waals surface area contributed by atoms with Crippen LogP contribution in [0.15, 0.2) is 61.5 Å². The van der Waals surface area contributed by atoms with Crippen LogP contribution < -0.4 is 5.63 Å². The van der Waals surface area contributed by atoms with Crippen LogP contribution in [0.1, 0.15) is 0 Å². The van der Waals surface area contributed by atoms with Crippen molar-refractivity contribution >= 4 is 55.6 Å². The number of fused-ring (bicyclic) bond motifs is 1. The molecule has 1 aromatic heterocycles. The summed E-state index contributed by atoms with van der Waals surface area (Å²) in [5.74, 6) is 0. The van der Waals surface area contributed by atoms with Gasteiger partial charge in [0.2, 0.25) is 9.84 Å². The number of hydrogen-bond acceptors (Lipinski definition) is 4. The fourth-order valence-electron chi connectivity index (χ4n) is 2.03. The molecular weight excluding hydrogens is 383 g/mol. The van der Waals surface area contributed by atoms with Gasteiger partial charge >= 0.3 is 5.63 Å². The molecule has 0 aliphatic rings. The summed E-state index contributed by atoms with van der Waals surface area (Å²) < 4.78 is 30.4. The van der Waals surface area contributed by atoms with E-state index in [0.717, 1.165) is 0 Å². The molecule has 0 aliphatic heterocycles. The molecule has 0 N–H and O–H groups in total. The second kappa shape index (κ2) is 5.83. The van der Waals surface area contributed by atoms with Crippen molar-refractivity contribution in [1.82, 2.24) is 0 Å². The quantitative estimate of drug-likeness (QED) is 0.602. The minimum absolute atomic E-state index is 0.0703. The maximum atomic E-state index is 12.7. The molecule has 0 spiro atoms. The predicted octanol–water partition coefficient (Wildman–Crippen LogP) is 4.59. The van der Waals surface area contributed by atoms with Crippen LogP contribution in [-0.4, -0.2) is 8.42 Å².